The summed E-state index contributed by atoms with van der Waals surface area (Å²) in [5.74, 6) is 0.935. The predicted molar refractivity (Wildman–Crippen MR) is 99.1 cm³/mol. The lowest BCUT2D eigenvalue weighted by molar-refractivity contribution is -0.131. The minimum absolute atomic E-state index is 0.107. The molecule has 0 saturated carbocycles. The number of benzene rings is 2. The van der Waals surface area contributed by atoms with Crippen molar-refractivity contribution in [1.82, 2.24) is 9.88 Å². The van der Waals surface area contributed by atoms with E-state index in [1.54, 1.807) is 7.11 Å². The van der Waals surface area contributed by atoms with Gasteiger partial charge in [0.05, 0.1) is 13.5 Å². The lowest BCUT2D eigenvalue weighted by Gasteiger charge is -2.27. The number of carbonyl (C=O) groups excluding carboxylic acids is 1. The van der Waals surface area contributed by atoms with Crippen molar-refractivity contribution in [3.63, 3.8) is 0 Å². The third-order valence-electron chi connectivity index (χ3n) is 4.83. The number of nitrogens with one attached hydrogen (secondary N) is 1. The molecule has 0 spiro atoms. The second-order valence-electron chi connectivity index (χ2n) is 6.33. The van der Waals surface area contributed by atoms with Gasteiger partial charge in [0.15, 0.2) is 0 Å². The van der Waals surface area contributed by atoms with Crippen molar-refractivity contribution in [3.05, 3.63) is 64.3 Å². The summed E-state index contributed by atoms with van der Waals surface area (Å²) in [6.07, 6.45) is 1.17. The van der Waals surface area contributed by atoms with Crippen LogP contribution >= 0.6 is 11.6 Å². The van der Waals surface area contributed by atoms with E-state index in [9.17, 15) is 4.79 Å². The van der Waals surface area contributed by atoms with Crippen molar-refractivity contribution >= 4 is 28.4 Å². The molecule has 1 amide bonds. The number of amides is 1. The van der Waals surface area contributed by atoms with Crippen molar-refractivity contribution < 1.29 is 9.53 Å². The second kappa shape index (κ2) is 6.45. The molecule has 1 aliphatic rings. The Hall–Kier alpha value is -2.46. The Morgan fingerprint density at radius 3 is 2.92 bits per heavy atom. The van der Waals surface area contributed by atoms with Gasteiger partial charge in [0.1, 0.15) is 5.75 Å². The molecule has 0 bridgehead atoms. The van der Waals surface area contributed by atoms with Crippen LogP contribution in [0.15, 0.2) is 42.5 Å². The first-order valence-corrected chi connectivity index (χ1v) is 8.72. The van der Waals surface area contributed by atoms with Gasteiger partial charge in [-0.3, -0.25) is 4.79 Å². The van der Waals surface area contributed by atoms with Crippen molar-refractivity contribution in [1.29, 1.82) is 0 Å². The maximum absolute atomic E-state index is 12.7. The molecule has 0 fully saturated rings. The summed E-state index contributed by atoms with van der Waals surface area (Å²) < 4.78 is 5.34. The minimum Gasteiger partial charge on any atom is -0.497 e. The van der Waals surface area contributed by atoms with Crippen molar-refractivity contribution in [2.24, 2.45) is 0 Å². The van der Waals surface area contributed by atoms with E-state index in [1.807, 2.05) is 47.4 Å². The summed E-state index contributed by atoms with van der Waals surface area (Å²) in [7, 11) is 1.67. The molecular weight excluding hydrogens is 336 g/mol. The summed E-state index contributed by atoms with van der Waals surface area (Å²) in [5, 5.41) is 1.77. The maximum Gasteiger partial charge on any atom is 0.227 e. The quantitative estimate of drug-likeness (QED) is 0.773. The number of hydrogen-bond donors (Lipinski definition) is 1. The van der Waals surface area contributed by atoms with Gasteiger partial charge in [-0.05, 0) is 29.8 Å². The molecule has 1 aromatic heterocycles. The highest BCUT2D eigenvalue weighted by molar-refractivity contribution is 6.31. The molecule has 0 unspecified atom stereocenters. The number of nitrogens with zero attached hydrogens (tertiary/aromatic N) is 1. The highest BCUT2D eigenvalue weighted by Gasteiger charge is 2.24. The average Bonchev–Trinajstić information content (AvgIpc) is 3.00. The van der Waals surface area contributed by atoms with Crippen LogP contribution in [0.25, 0.3) is 10.9 Å². The first-order valence-electron chi connectivity index (χ1n) is 8.34. The molecular formula is C20H19ClN2O2. The van der Waals surface area contributed by atoms with Crippen molar-refractivity contribution in [2.75, 3.05) is 13.7 Å². The third-order valence-corrected chi connectivity index (χ3v) is 5.20. The number of carbonyl (C=O) groups is 1. The van der Waals surface area contributed by atoms with E-state index < -0.39 is 0 Å². The number of rotatable bonds is 3. The molecule has 4 rings (SSSR count). The van der Waals surface area contributed by atoms with Crippen LogP contribution in [0.1, 0.15) is 16.8 Å². The summed E-state index contributed by atoms with van der Waals surface area (Å²) in [4.78, 5) is 18.1. The molecule has 1 N–H and O–H groups in total. The molecule has 0 saturated heterocycles. The van der Waals surface area contributed by atoms with Crippen LogP contribution in [-0.2, 0) is 24.2 Å². The van der Waals surface area contributed by atoms with Gasteiger partial charge in [-0.1, -0.05) is 29.8 Å². The first-order chi connectivity index (χ1) is 12.2. The number of methoxy groups -OCH3 is 1. The SMILES string of the molecule is COc1ccc2[nH]c3c(c2c1)CN(C(=O)Cc1ccccc1Cl)CC3. The molecule has 25 heavy (non-hydrogen) atoms. The van der Waals surface area contributed by atoms with Crippen LogP contribution in [0.2, 0.25) is 5.02 Å². The molecule has 3 aromatic rings. The van der Waals surface area contributed by atoms with Crippen molar-refractivity contribution in [3.8, 4) is 5.75 Å². The molecule has 4 nitrogen and oxygen atoms in total. The number of H-pyrrole nitrogens is 1. The molecule has 2 aromatic carbocycles. The Kier molecular flexibility index (Phi) is 4.14. The van der Waals surface area contributed by atoms with E-state index in [0.29, 0.717) is 18.0 Å². The van der Waals surface area contributed by atoms with E-state index in [0.717, 1.165) is 35.2 Å². The fourth-order valence-electron chi connectivity index (χ4n) is 3.45. The molecule has 5 heteroatoms. The van der Waals surface area contributed by atoms with Crippen LogP contribution in [0.5, 0.6) is 5.75 Å². The Morgan fingerprint density at radius 2 is 2.12 bits per heavy atom. The monoisotopic (exact) mass is 354 g/mol. The van der Waals surface area contributed by atoms with Gasteiger partial charge in [-0.15, -0.1) is 0 Å². The first kappa shape index (κ1) is 16.0. The second-order valence-corrected chi connectivity index (χ2v) is 6.73. The van der Waals surface area contributed by atoms with E-state index in [-0.39, 0.29) is 5.91 Å². The Bertz CT molecular complexity index is 948. The molecule has 128 valence electrons. The summed E-state index contributed by atoms with van der Waals surface area (Å²) in [6, 6.07) is 13.5. The number of hydrogen-bond acceptors (Lipinski definition) is 2. The predicted octanol–water partition coefficient (Wildman–Crippen LogP) is 3.96. The van der Waals surface area contributed by atoms with Crippen LogP contribution in [0, 0.1) is 0 Å². The molecule has 0 atom stereocenters. The van der Waals surface area contributed by atoms with Gasteiger partial charge in [-0.25, -0.2) is 0 Å². The summed E-state index contributed by atoms with van der Waals surface area (Å²) >= 11 is 6.19. The van der Waals surface area contributed by atoms with E-state index in [2.05, 4.69) is 4.98 Å². The average molecular weight is 355 g/mol. The molecule has 1 aliphatic heterocycles. The largest absolute Gasteiger partial charge is 0.497 e. The van der Waals surface area contributed by atoms with Crippen molar-refractivity contribution in [2.45, 2.75) is 19.4 Å². The smallest absolute Gasteiger partial charge is 0.227 e. The van der Waals surface area contributed by atoms with Gasteiger partial charge in [0.25, 0.3) is 0 Å². The van der Waals surface area contributed by atoms with Gasteiger partial charge >= 0.3 is 0 Å². The number of aromatic amines is 1. The fourth-order valence-corrected chi connectivity index (χ4v) is 3.65. The zero-order valence-electron chi connectivity index (χ0n) is 14.0. The van der Waals surface area contributed by atoms with Gasteiger partial charge in [0.2, 0.25) is 5.91 Å². The molecule has 0 aliphatic carbocycles. The number of ether oxygens (including phenoxy) is 1. The Balaban J connectivity index is 1.59. The van der Waals surface area contributed by atoms with Gasteiger partial charge < -0.3 is 14.6 Å². The summed E-state index contributed by atoms with van der Waals surface area (Å²) in [5.41, 5.74) is 4.37. The van der Waals surface area contributed by atoms with Gasteiger partial charge in [-0.2, -0.15) is 0 Å². The van der Waals surface area contributed by atoms with E-state index >= 15 is 0 Å². The highest BCUT2D eigenvalue weighted by atomic mass is 35.5. The number of fused-ring (bicyclic) bond motifs is 3. The molecule has 0 radical (unpaired) electrons. The lowest BCUT2D eigenvalue weighted by Crippen LogP contribution is -2.36. The maximum atomic E-state index is 12.7. The van der Waals surface area contributed by atoms with Gasteiger partial charge in [0, 0.05) is 46.7 Å². The van der Waals surface area contributed by atoms with E-state index in [4.69, 9.17) is 16.3 Å². The molecule has 2 heterocycles. The fraction of sp³-hybridized carbons (Fsp3) is 0.250. The number of halogens is 1. The Labute approximate surface area is 151 Å². The zero-order chi connectivity index (χ0) is 17.4. The minimum atomic E-state index is 0.107. The van der Waals surface area contributed by atoms with Crippen LogP contribution in [0.3, 0.4) is 0 Å². The Morgan fingerprint density at radius 1 is 1.28 bits per heavy atom. The van der Waals surface area contributed by atoms with Crippen LogP contribution in [0.4, 0.5) is 0 Å². The standard InChI is InChI=1S/C20H19ClN2O2/c1-25-14-6-7-18-15(11-14)16-12-23(9-8-19(16)22-18)20(24)10-13-4-2-3-5-17(13)21/h2-7,11,22H,8-10,12H2,1H3. The normalized spacial score (nSPS) is 13.8. The topological polar surface area (TPSA) is 45.3 Å². The van der Waals surface area contributed by atoms with Crippen LogP contribution in [-0.4, -0.2) is 29.4 Å². The highest BCUT2D eigenvalue weighted by Crippen LogP contribution is 2.30. The number of aromatic nitrogens is 1. The third kappa shape index (κ3) is 2.98. The zero-order valence-corrected chi connectivity index (χ0v) is 14.8. The summed E-state index contributed by atoms with van der Waals surface area (Å²) in [6.45, 7) is 1.34. The van der Waals surface area contributed by atoms with E-state index in [1.165, 1.54) is 11.3 Å². The lowest BCUT2D eigenvalue weighted by atomic mass is 10.0. The van der Waals surface area contributed by atoms with Crippen LogP contribution < -0.4 is 4.74 Å².